The first-order valence-corrected chi connectivity index (χ1v) is 7.29. The Kier molecular flexibility index (Phi) is 2.39. The summed E-state index contributed by atoms with van der Waals surface area (Å²) in [6.45, 7) is 9.85. The van der Waals surface area contributed by atoms with E-state index in [2.05, 4.69) is 62.5 Å². The molecule has 0 amide bonds. The normalized spacial score (nSPS) is 43.5. The average Bonchev–Trinajstić information content (AvgIpc) is 2.70. The summed E-state index contributed by atoms with van der Waals surface area (Å²) < 4.78 is 2.27. The van der Waals surface area contributed by atoms with Crippen LogP contribution in [0.1, 0.15) is 47.0 Å². The van der Waals surface area contributed by atoms with Crippen LogP contribution in [-0.4, -0.2) is 16.1 Å². The zero-order valence-corrected chi connectivity index (χ0v) is 12.4. The van der Waals surface area contributed by atoms with Gasteiger partial charge in [0.05, 0.1) is 0 Å². The van der Waals surface area contributed by atoms with Crippen LogP contribution < -0.4 is 4.90 Å². The van der Waals surface area contributed by atoms with Crippen LogP contribution in [0.25, 0.3) is 0 Å². The van der Waals surface area contributed by atoms with Crippen molar-refractivity contribution in [1.82, 2.24) is 4.57 Å². The third-order valence-electron chi connectivity index (χ3n) is 6.16. The molecule has 1 aromatic heterocycles. The summed E-state index contributed by atoms with van der Waals surface area (Å²) in [7, 11) is 2.17. The van der Waals surface area contributed by atoms with Crippen LogP contribution in [0.3, 0.4) is 0 Å². The Hall–Kier alpha value is -0.920. The Morgan fingerprint density at radius 1 is 1.22 bits per heavy atom. The van der Waals surface area contributed by atoms with Gasteiger partial charge in [0.1, 0.15) is 5.82 Å². The van der Waals surface area contributed by atoms with Gasteiger partial charge in [0.15, 0.2) is 0 Å². The third-order valence-corrected chi connectivity index (χ3v) is 6.16. The molecule has 18 heavy (non-hydrogen) atoms. The molecule has 0 radical (unpaired) electrons. The summed E-state index contributed by atoms with van der Waals surface area (Å²) in [6.07, 6.45) is 6.22. The van der Waals surface area contributed by atoms with E-state index in [1.165, 1.54) is 25.1 Å². The van der Waals surface area contributed by atoms with E-state index in [9.17, 15) is 0 Å². The number of hydrogen-bond acceptors (Lipinski definition) is 1. The summed E-state index contributed by atoms with van der Waals surface area (Å²) in [6, 6.07) is 5.07. The number of nitrogens with zero attached hydrogens (tertiary/aromatic N) is 2. The second-order valence-electron chi connectivity index (χ2n) is 7.13. The fourth-order valence-corrected chi connectivity index (χ4v) is 4.56. The van der Waals surface area contributed by atoms with Gasteiger partial charge >= 0.3 is 0 Å². The van der Waals surface area contributed by atoms with Crippen molar-refractivity contribution in [2.24, 2.45) is 18.4 Å². The Balaban J connectivity index is 2.08. The average molecular weight is 246 g/mol. The smallest absolute Gasteiger partial charge is 0.108 e. The number of anilines is 1. The van der Waals surface area contributed by atoms with Crippen molar-refractivity contribution >= 4 is 5.82 Å². The maximum absolute atomic E-state index is 2.70. The van der Waals surface area contributed by atoms with E-state index >= 15 is 0 Å². The van der Waals surface area contributed by atoms with E-state index in [0.717, 1.165) is 5.92 Å². The van der Waals surface area contributed by atoms with E-state index in [1.807, 2.05) is 0 Å². The summed E-state index contributed by atoms with van der Waals surface area (Å²) in [5.41, 5.74) is 0.824. The summed E-state index contributed by atoms with van der Waals surface area (Å²) >= 11 is 0. The molecule has 3 heterocycles. The van der Waals surface area contributed by atoms with Gasteiger partial charge in [0.25, 0.3) is 0 Å². The monoisotopic (exact) mass is 246 g/mol. The zero-order chi connectivity index (χ0) is 13.1. The fourth-order valence-electron chi connectivity index (χ4n) is 4.56. The van der Waals surface area contributed by atoms with Gasteiger partial charge in [-0.25, -0.2) is 0 Å². The van der Waals surface area contributed by atoms with Crippen LogP contribution in [0.5, 0.6) is 0 Å². The number of rotatable bonds is 1. The van der Waals surface area contributed by atoms with E-state index in [4.69, 9.17) is 0 Å². The molecule has 1 aliphatic carbocycles. The van der Waals surface area contributed by atoms with Crippen LogP contribution in [0.4, 0.5) is 5.82 Å². The molecule has 4 unspecified atom stereocenters. The van der Waals surface area contributed by atoms with Gasteiger partial charge in [-0.15, -0.1) is 0 Å². The van der Waals surface area contributed by atoms with E-state index < -0.39 is 0 Å². The van der Waals surface area contributed by atoms with E-state index in [1.54, 1.807) is 0 Å². The van der Waals surface area contributed by atoms with Crippen LogP contribution in [0.2, 0.25) is 0 Å². The summed E-state index contributed by atoms with van der Waals surface area (Å²) in [5, 5.41) is 0. The Bertz CT molecular complexity index is 463. The van der Waals surface area contributed by atoms with Crippen molar-refractivity contribution in [2.75, 3.05) is 4.90 Å². The number of hydrogen-bond donors (Lipinski definition) is 0. The predicted octanol–water partition coefficient (Wildman–Crippen LogP) is 3.82. The minimum atomic E-state index is 0.350. The number of aryl methyl sites for hydroxylation is 1. The van der Waals surface area contributed by atoms with Gasteiger partial charge in [0.2, 0.25) is 0 Å². The standard InChI is InChI=1S/C16H26N2/c1-12-11-15(3)8-9-16(12,4)13(2)18(15)14-7-6-10-17(14)5/h6-7,10,12-13H,8-9,11H2,1-5H3. The Morgan fingerprint density at radius 3 is 2.50 bits per heavy atom. The van der Waals surface area contributed by atoms with Gasteiger partial charge in [-0.05, 0) is 56.6 Å². The van der Waals surface area contributed by atoms with Crippen molar-refractivity contribution in [1.29, 1.82) is 0 Å². The summed E-state index contributed by atoms with van der Waals surface area (Å²) in [4.78, 5) is 2.70. The second kappa shape index (κ2) is 3.55. The van der Waals surface area contributed by atoms with Crippen molar-refractivity contribution in [2.45, 2.75) is 58.5 Å². The fraction of sp³-hybridized carbons (Fsp3) is 0.750. The van der Waals surface area contributed by atoms with Crippen LogP contribution in [0.15, 0.2) is 18.3 Å². The number of fused-ring (bicyclic) bond motifs is 3. The highest BCUT2D eigenvalue weighted by atomic mass is 15.3. The minimum Gasteiger partial charge on any atom is -0.349 e. The lowest BCUT2D eigenvalue weighted by atomic mass is 9.54. The minimum absolute atomic E-state index is 0.350. The Morgan fingerprint density at radius 2 is 1.94 bits per heavy atom. The molecule has 3 aliphatic rings. The number of piperidine rings is 2. The molecule has 0 spiro atoms. The highest BCUT2D eigenvalue weighted by molar-refractivity contribution is 5.48. The van der Waals surface area contributed by atoms with Gasteiger partial charge in [0, 0.05) is 24.8 Å². The predicted molar refractivity (Wildman–Crippen MR) is 76.9 cm³/mol. The lowest BCUT2D eigenvalue weighted by Crippen LogP contribution is -2.68. The Labute approximate surface area is 111 Å². The maximum atomic E-state index is 2.70. The van der Waals surface area contributed by atoms with Crippen molar-refractivity contribution in [3.05, 3.63) is 18.3 Å². The van der Waals surface area contributed by atoms with Crippen LogP contribution >= 0.6 is 0 Å². The topological polar surface area (TPSA) is 8.17 Å². The largest absolute Gasteiger partial charge is 0.349 e. The zero-order valence-electron chi connectivity index (χ0n) is 12.4. The molecule has 1 saturated carbocycles. The molecule has 0 aromatic carbocycles. The summed E-state index contributed by atoms with van der Waals surface area (Å²) in [5.74, 6) is 2.23. The van der Waals surface area contributed by atoms with Crippen molar-refractivity contribution in [3.8, 4) is 0 Å². The van der Waals surface area contributed by atoms with Gasteiger partial charge in [-0.3, -0.25) is 0 Å². The first-order valence-electron chi connectivity index (χ1n) is 7.29. The highest BCUT2D eigenvalue weighted by Crippen LogP contribution is 2.57. The highest BCUT2D eigenvalue weighted by Gasteiger charge is 2.56. The van der Waals surface area contributed by atoms with Gasteiger partial charge in [-0.1, -0.05) is 13.8 Å². The molecule has 2 nitrogen and oxygen atoms in total. The quantitative estimate of drug-likeness (QED) is 0.731. The molecule has 2 saturated heterocycles. The molecule has 4 rings (SSSR count). The van der Waals surface area contributed by atoms with Crippen molar-refractivity contribution < 1.29 is 0 Å². The third kappa shape index (κ3) is 1.35. The molecule has 0 N–H and O–H groups in total. The van der Waals surface area contributed by atoms with Crippen LogP contribution in [-0.2, 0) is 7.05 Å². The SMILES string of the molecule is CC1CC2(C)CCC1(C)C(C)N2c1cccn1C. The lowest BCUT2D eigenvalue weighted by Gasteiger charge is -2.65. The maximum Gasteiger partial charge on any atom is 0.108 e. The molecule has 2 aliphatic heterocycles. The molecule has 2 heteroatoms. The van der Waals surface area contributed by atoms with E-state index in [0.29, 0.717) is 17.0 Å². The first kappa shape index (κ1) is 12.1. The molecule has 3 fully saturated rings. The van der Waals surface area contributed by atoms with Crippen LogP contribution in [0, 0.1) is 11.3 Å². The molecule has 4 atom stereocenters. The molecule has 2 bridgehead atoms. The lowest BCUT2D eigenvalue weighted by molar-refractivity contribution is -0.00600. The number of aromatic nitrogens is 1. The molecule has 100 valence electrons. The molecular weight excluding hydrogens is 220 g/mol. The van der Waals surface area contributed by atoms with Crippen molar-refractivity contribution in [3.63, 3.8) is 0 Å². The van der Waals surface area contributed by atoms with E-state index in [-0.39, 0.29) is 0 Å². The molecule has 1 aromatic rings. The van der Waals surface area contributed by atoms with Gasteiger partial charge in [-0.2, -0.15) is 0 Å². The molecular formula is C16H26N2. The second-order valence-corrected chi connectivity index (χ2v) is 7.13. The first-order chi connectivity index (χ1) is 8.38. The van der Waals surface area contributed by atoms with Gasteiger partial charge < -0.3 is 9.47 Å².